The Morgan fingerprint density at radius 3 is 2.67 bits per heavy atom. The molecule has 0 aliphatic rings. The minimum absolute atomic E-state index is 0.0867. The maximum absolute atomic E-state index is 13.0. The van der Waals surface area contributed by atoms with Crippen LogP contribution in [0.2, 0.25) is 0 Å². The van der Waals surface area contributed by atoms with Crippen molar-refractivity contribution in [1.29, 1.82) is 5.26 Å². The lowest BCUT2D eigenvalue weighted by atomic mass is 10.1. The molecule has 0 bridgehead atoms. The lowest BCUT2D eigenvalue weighted by Crippen LogP contribution is -2.08. The fraction of sp³-hybridized carbons (Fsp3) is 0.143. The molecule has 0 aliphatic heterocycles. The molecule has 1 aromatic heterocycles. The van der Waals surface area contributed by atoms with E-state index in [4.69, 9.17) is 10.00 Å². The van der Waals surface area contributed by atoms with Gasteiger partial charge in [-0.15, -0.1) is 0 Å². The van der Waals surface area contributed by atoms with Gasteiger partial charge in [-0.25, -0.2) is 4.98 Å². The minimum atomic E-state index is -4.62. The van der Waals surface area contributed by atoms with Gasteiger partial charge in [0, 0.05) is 17.1 Å². The molecule has 0 fully saturated rings. The van der Waals surface area contributed by atoms with Crippen molar-refractivity contribution in [3.63, 3.8) is 0 Å². The van der Waals surface area contributed by atoms with Crippen LogP contribution in [-0.4, -0.2) is 4.98 Å². The highest BCUT2D eigenvalue weighted by Gasteiger charge is 2.35. The molecule has 0 unspecified atom stereocenters. The molecule has 0 spiro atoms. The van der Waals surface area contributed by atoms with Crippen molar-refractivity contribution in [2.75, 3.05) is 0 Å². The standard InChI is InChI=1S/C14H8BrF3N2O/c15-7-10-2-1-5-20-13(10)21-12-4-3-9(8-19)6-11(12)14(16,17)18/h1-6H,7H2. The summed E-state index contributed by atoms with van der Waals surface area (Å²) in [5.41, 5.74) is -0.473. The SMILES string of the molecule is N#Cc1ccc(Oc2ncccc2CBr)c(C(F)(F)F)c1. The number of hydrogen-bond donors (Lipinski definition) is 0. The van der Waals surface area contributed by atoms with E-state index in [2.05, 4.69) is 20.9 Å². The third-order valence-electron chi connectivity index (χ3n) is 2.61. The summed E-state index contributed by atoms with van der Waals surface area (Å²) >= 11 is 3.22. The average Bonchev–Trinajstić information content (AvgIpc) is 2.47. The highest BCUT2D eigenvalue weighted by atomic mass is 79.9. The van der Waals surface area contributed by atoms with Crippen LogP contribution in [0.25, 0.3) is 0 Å². The quantitative estimate of drug-likeness (QED) is 0.751. The van der Waals surface area contributed by atoms with Gasteiger partial charge in [-0.05, 0) is 24.3 Å². The monoisotopic (exact) mass is 356 g/mol. The number of aromatic nitrogens is 1. The summed E-state index contributed by atoms with van der Waals surface area (Å²) in [6, 6.07) is 8.16. The van der Waals surface area contributed by atoms with Crippen LogP contribution in [0.1, 0.15) is 16.7 Å². The summed E-state index contributed by atoms with van der Waals surface area (Å²) < 4.78 is 44.4. The zero-order valence-corrected chi connectivity index (χ0v) is 12.1. The molecule has 0 N–H and O–H groups in total. The van der Waals surface area contributed by atoms with Gasteiger partial charge in [-0.2, -0.15) is 18.4 Å². The number of benzene rings is 1. The van der Waals surface area contributed by atoms with Gasteiger partial charge in [0.1, 0.15) is 5.75 Å². The maximum atomic E-state index is 13.0. The summed E-state index contributed by atoms with van der Waals surface area (Å²) in [5, 5.41) is 9.11. The Bertz CT molecular complexity index is 695. The van der Waals surface area contributed by atoms with Crippen LogP contribution in [0.15, 0.2) is 36.5 Å². The van der Waals surface area contributed by atoms with E-state index in [1.807, 2.05) is 0 Å². The first-order valence-corrected chi connectivity index (χ1v) is 6.87. The highest BCUT2D eigenvalue weighted by Crippen LogP contribution is 2.39. The Balaban J connectivity index is 2.47. The van der Waals surface area contributed by atoms with Crippen molar-refractivity contribution in [1.82, 2.24) is 4.98 Å². The zero-order chi connectivity index (χ0) is 15.5. The average molecular weight is 357 g/mol. The number of nitrogens with zero attached hydrogens (tertiary/aromatic N) is 2. The molecule has 1 heterocycles. The minimum Gasteiger partial charge on any atom is -0.438 e. The lowest BCUT2D eigenvalue weighted by molar-refractivity contribution is -0.138. The zero-order valence-electron chi connectivity index (χ0n) is 10.5. The molecule has 0 amide bonds. The molecule has 21 heavy (non-hydrogen) atoms. The van der Waals surface area contributed by atoms with E-state index in [9.17, 15) is 13.2 Å². The number of nitriles is 1. The summed E-state index contributed by atoms with van der Waals surface area (Å²) in [6.45, 7) is 0. The third-order valence-corrected chi connectivity index (χ3v) is 3.22. The second kappa shape index (κ2) is 6.14. The van der Waals surface area contributed by atoms with Gasteiger partial charge in [0.15, 0.2) is 0 Å². The molecule has 0 radical (unpaired) electrons. The molecule has 0 aliphatic carbocycles. The van der Waals surface area contributed by atoms with Crippen molar-refractivity contribution >= 4 is 15.9 Å². The number of pyridine rings is 1. The largest absolute Gasteiger partial charge is 0.438 e. The Morgan fingerprint density at radius 1 is 1.29 bits per heavy atom. The predicted molar refractivity (Wildman–Crippen MR) is 73.1 cm³/mol. The van der Waals surface area contributed by atoms with Crippen LogP contribution < -0.4 is 4.74 Å². The molecule has 2 rings (SSSR count). The fourth-order valence-corrected chi connectivity index (χ4v) is 2.06. The summed E-state index contributed by atoms with van der Waals surface area (Å²) in [6.07, 6.45) is -3.19. The van der Waals surface area contributed by atoms with Crippen molar-refractivity contribution in [2.24, 2.45) is 0 Å². The second-order valence-corrected chi connectivity index (χ2v) is 4.58. The Hall–Kier alpha value is -2.07. The number of ether oxygens (including phenoxy) is 1. The molecule has 3 nitrogen and oxygen atoms in total. The molecular formula is C14H8BrF3N2O. The van der Waals surface area contributed by atoms with Gasteiger partial charge in [-0.1, -0.05) is 22.0 Å². The first-order chi connectivity index (χ1) is 9.95. The lowest BCUT2D eigenvalue weighted by Gasteiger charge is -2.14. The summed E-state index contributed by atoms with van der Waals surface area (Å²) in [7, 11) is 0. The van der Waals surface area contributed by atoms with E-state index in [0.29, 0.717) is 10.9 Å². The van der Waals surface area contributed by atoms with E-state index in [-0.39, 0.29) is 17.2 Å². The van der Waals surface area contributed by atoms with Gasteiger partial charge in [-0.3, -0.25) is 0 Å². The predicted octanol–water partition coefficient (Wildman–Crippen LogP) is 4.66. The van der Waals surface area contributed by atoms with Gasteiger partial charge >= 0.3 is 6.18 Å². The maximum Gasteiger partial charge on any atom is 0.420 e. The van der Waals surface area contributed by atoms with Crippen molar-refractivity contribution in [3.8, 4) is 17.7 Å². The molecular weight excluding hydrogens is 349 g/mol. The Kier molecular flexibility index (Phi) is 4.48. The highest BCUT2D eigenvalue weighted by molar-refractivity contribution is 9.08. The normalized spacial score (nSPS) is 11.0. The summed E-state index contributed by atoms with van der Waals surface area (Å²) in [5.74, 6) is -0.299. The molecule has 7 heteroatoms. The first-order valence-electron chi connectivity index (χ1n) is 5.74. The van der Waals surface area contributed by atoms with Crippen LogP contribution in [0.4, 0.5) is 13.2 Å². The van der Waals surface area contributed by atoms with Gasteiger partial charge in [0.25, 0.3) is 0 Å². The van der Waals surface area contributed by atoms with Crippen molar-refractivity contribution in [3.05, 3.63) is 53.2 Å². The van der Waals surface area contributed by atoms with Crippen LogP contribution in [-0.2, 0) is 11.5 Å². The smallest absolute Gasteiger partial charge is 0.420 e. The van der Waals surface area contributed by atoms with Crippen LogP contribution in [0.3, 0.4) is 0 Å². The molecule has 1 aromatic carbocycles. The Morgan fingerprint density at radius 2 is 2.05 bits per heavy atom. The van der Waals surface area contributed by atoms with Crippen LogP contribution in [0.5, 0.6) is 11.6 Å². The van der Waals surface area contributed by atoms with Gasteiger partial charge in [0.05, 0.1) is 17.2 Å². The summed E-state index contributed by atoms with van der Waals surface area (Å²) in [4.78, 5) is 3.93. The molecule has 0 saturated carbocycles. The van der Waals surface area contributed by atoms with Gasteiger partial charge < -0.3 is 4.74 Å². The first kappa shape index (κ1) is 15.3. The van der Waals surface area contributed by atoms with Crippen LogP contribution in [0, 0.1) is 11.3 Å². The van der Waals surface area contributed by atoms with E-state index in [1.54, 1.807) is 18.2 Å². The number of rotatable bonds is 3. The molecule has 108 valence electrons. The molecule has 0 atom stereocenters. The van der Waals surface area contributed by atoms with Crippen LogP contribution >= 0.6 is 15.9 Å². The fourth-order valence-electron chi connectivity index (χ4n) is 1.63. The van der Waals surface area contributed by atoms with Crippen molar-refractivity contribution in [2.45, 2.75) is 11.5 Å². The van der Waals surface area contributed by atoms with E-state index >= 15 is 0 Å². The number of alkyl halides is 4. The van der Waals surface area contributed by atoms with Crippen molar-refractivity contribution < 1.29 is 17.9 Å². The molecule has 0 saturated heterocycles. The second-order valence-electron chi connectivity index (χ2n) is 4.02. The van der Waals surface area contributed by atoms with E-state index in [1.165, 1.54) is 12.3 Å². The van der Waals surface area contributed by atoms with E-state index in [0.717, 1.165) is 12.1 Å². The number of halogens is 4. The van der Waals surface area contributed by atoms with Gasteiger partial charge in [0.2, 0.25) is 5.88 Å². The third kappa shape index (κ3) is 3.52. The topological polar surface area (TPSA) is 45.9 Å². The Labute approximate surface area is 127 Å². The number of hydrogen-bond acceptors (Lipinski definition) is 3. The molecule has 2 aromatic rings. The van der Waals surface area contributed by atoms with E-state index < -0.39 is 11.7 Å².